The second-order valence-electron chi connectivity index (χ2n) is 7.83. The number of piperazine rings is 1. The van der Waals surface area contributed by atoms with Gasteiger partial charge in [-0.1, -0.05) is 0 Å². The Balaban J connectivity index is 1.31. The lowest BCUT2D eigenvalue weighted by atomic mass is 10.1. The van der Waals surface area contributed by atoms with E-state index in [1.165, 1.54) is 23.5 Å². The molecular formula is C23H29N3O4S. The Labute approximate surface area is 187 Å². The van der Waals surface area contributed by atoms with Crippen molar-refractivity contribution in [2.75, 3.05) is 47.5 Å². The molecule has 8 heteroatoms. The number of hydrogen-bond acceptors (Lipinski definition) is 7. The number of thiazole rings is 1. The fourth-order valence-corrected chi connectivity index (χ4v) is 4.67. The molecule has 4 rings (SSSR count). The van der Waals surface area contributed by atoms with Gasteiger partial charge in [0.2, 0.25) is 11.7 Å². The maximum absolute atomic E-state index is 12.7. The zero-order valence-electron chi connectivity index (χ0n) is 18.3. The molecule has 1 aromatic heterocycles. The summed E-state index contributed by atoms with van der Waals surface area (Å²) in [4.78, 5) is 21.7. The number of carbonyl (C=O) groups excluding carboxylic acids is 1. The van der Waals surface area contributed by atoms with Crippen LogP contribution in [0, 0.1) is 0 Å². The molecule has 0 N–H and O–H groups in total. The Hall–Kier alpha value is -2.58. The zero-order chi connectivity index (χ0) is 21.8. The molecule has 1 saturated heterocycles. The van der Waals surface area contributed by atoms with E-state index in [1.807, 2.05) is 17.0 Å². The van der Waals surface area contributed by atoms with Crippen LogP contribution in [0.15, 0.2) is 23.6 Å². The number of benzene rings is 1. The molecule has 1 saturated carbocycles. The van der Waals surface area contributed by atoms with E-state index in [4.69, 9.17) is 19.2 Å². The number of aromatic nitrogens is 1. The molecule has 2 aromatic rings. The van der Waals surface area contributed by atoms with E-state index in [9.17, 15) is 4.79 Å². The average Bonchev–Trinajstić information content (AvgIpc) is 3.56. The molecule has 1 amide bonds. The average molecular weight is 444 g/mol. The molecule has 1 aliphatic carbocycles. The molecular weight excluding hydrogens is 414 g/mol. The first kappa shape index (κ1) is 21.6. The van der Waals surface area contributed by atoms with Gasteiger partial charge in [0, 0.05) is 43.6 Å². The SMILES string of the molecule is COc1cc(C=CC(=O)N2CCN(Cc3nc(C4CC4)cs3)CC2)cc(OC)c1OC. The summed E-state index contributed by atoms with van der Waals surface area (Å²) in [5.74, 6) is 2.38. The van der Waals surface area contributed by atoms with Crippen LogP contribution in [0.4, 0.5) is 0 Å². The Morgan fingerprint density at radius 1 is 1.10 bits per heavy atom. The van der Waals surface area contributed by atoms with Crippen molar-refractivity contribution in [3.05, 3.63) is 39.9 Å². The van der Waals surface area contributed by atoms with E-state index in [0.29, 0.717) is 23.2 Å². The third-order valence-electron chi connectivity index (χ3n) is 5.71. The summed E-state index contributed by atoms with van der Waals surface area (Å²) in [6, 6.07) is 3.65. The minimum Gasteiger partial charge on any atom is -0.493 e. The number of amides is 1. The smallest absolute Gasteiger partial charge is 0.246 e. The van der Waals surface area contributed by atoms with E-state index in [0.717, 1.165) is 38.3 Å². The molecule has 166 valence electrons. The van der Waals surface area contributed by atoms with Crippen LogP contribution in [-0.2, 0) is 11.3 Å². The van der Waals surface area contributed by atoms with Gasteiger partial charge in [-0.05, 0) is 36.6 Å². The van der Waals surface area contributed by atoms with Gasteiger partial charge in [-0.3, -0.25) is 9.69 Å². The Bertz CT molecular complexity index is 921. The Morgan fingerprint density at radius 2 is 1.77 bits per heavy atom. The highest BCUT2D eigenvalue weighted by Crippen LogP contribution is 2.40. The first-order chi connectivity index (χ1) is 15.1. The first-order valence-corrected chi connectivity index (χ1v) is 11.4. The lowest BCUT2D eigenvalue weighted by Crippen LogP contribution is -2.47. The highest BCUT2D eigenvalue weighted by Gasteiger charge is 2.27. The fraction of sp³-hybridized carbons (Fsp3) is 0.478. The van der Waals surface area contributed by atoms with Crippen LogP contribution in [0.3, 0.4) is 0 Å². The number of nitrogens with zero attached hydrogens (tertiary/aromatic N) is 3. The van der Waals surface area contributed by atoms with Gasteiger partial charge in [-0.2, -0.15) is 0 Å². The van der Waals surface area contributed by atoms with Crippen LogP contribution in [0.1, 0.15) is 35.0 Å². The maximum atomic E-state index is 12.7. The molecule has 1 aromatic carbocycles. The third-order valence-corrected chi connectivity index (χ3v) is 6.57. The molecule has 1 aliphatic heterocycles. The van der Waals surface area contributed by atoms with Crippen molar-refractivity contribution in [2.24, 2.45) is 0 Å². The van der Waals surface area contributed by atoms with Crippen LogP contribution in [-0.4, -0.2) is 68.2 Å². The Kier molecular flexibility index (Phi) is 6.77. The molecule has 0 atom stereocenters. The third kappa shape index (κ3) is 5.19. The molecule has 0 bridgehead atoms. The van der Waals surface area contributed by atoms with Crippen molar-refractivity contribution in [3.8, 4) is 17.2 Å². The predicted molar refractivity (Wildman–Crippen MR) is 121 cm³/mol. The molecule has 0 radical (unpaired) electrons. The number of ether oxygens (including phenoxy) is 3. The fourth-order valence-electron chi connectivity index (χ4n) is 3.75. The zero-order valence-corrected chi connectivity index (χ0v) is 19.1. The van der Waals surface area contributed by atoms with Crippen molar-refractivity contribution in [2.45, 2.75) is 25.3 Å². The van der Waals surface area contributed by atoms with E-state index in [1.54, 1.807) is 44.8 Å². The minimum atomic E-state index is 0.0127. The second kappa shape index (κ2) is 9.70. The van der Waals surface area contributed by atoms with Crippen LogP contribution in [0.2, 0.25) is 0 Å². The highest BCUT2D eigenvalue weighted by atomic mass is 32.1. The van der Waals surface area contributed by atoms with Gasteiger partial charge in [0.1, 0.15) is 5.01 Å². The number of rotatable bonds is 8. The summed E-state index contributed by atoms with van der Waals surface area (Å²) in [6.07, 6.45) is 5.97. The van der Waals surface area contributed by atoms with E-state index in [-0.39, 0.29) is 5.91 Å². The van der Waals surface area contributed by atoms with E-state index < -0.39 is 0 Å². The van der Waals surface area contributed by atoms with E-state index >= 15 is 0 Å². The van der Waals surface area contributed by atoms with Crippen molar-refractivity contribution in [1.29, 1.82) is 0 Å². The lowest BCUT2D eigenvalue weighted by Gasteiger charge is -2.33. The number of carbonyl (C=O) groups is 1. The van der Waals surface area contributed by atoms with Crippen LogP contribution < -0.4 is 14.2 Å². The quantitative estimate of drug-likeness (QED) is 0.583. The Morgan fingerprint density at radius 3 is 2.35 bits per heavy atom. The van der Waals surface area contributed by atoms with Gasteiger partial charge in [0.15, 0.2) is 11.5 Å². The molecule has 7 nitrogen and oxygen atoms in total. The van der Waals surface area contributed by atoms with Gasteiger partial charge in [0.25, 0.3) is 0 Å². The van der Waals surface area contributed by atoms with Crippen LogP contribution in [0.5, 0.6) is 17.2 Å². The monoisotopic (exact) mass is 443 g/mol. The molecule has 0 unspecified atom stereocenters. The molecule has 2 heterocycles. The van der Waals surface area contributed by atoms with E-state index in [2.05, 4.69) is 10.3 Å². The largest absolute Gasteiger partial charge is 0.493 e. The van der Waals surface area contributed by atoms with Crippen LogP contribution in [0.25, 0.3) is 6.08 Å². The second-order valence-corrected chi connectivity index (χ2v) is 8.78. The van der Waals surface area contributed by atoms with Crippen molar-refractivity contribution >= 4 is 23.3 Å². The topological polar surface area (TPSA) is 64.1 Å². The molecule has 31 heavy (non-hydrogen) atoms. The van der Waals surface area contributed by atoms with Crippen molar-refractivity contribution < 1.29 is 19.0 Å². The molecule has 2 fully saturated rings. The summed E-state index contributed by atoms with van der Waals surface area (Å²) < 4.78 is 16.1. The standard InChI is InChI=1S/C23H29N3O4S/c1-28-19-12-16(13-20(29-2)23(19)30-3)4-7-22(27)26-10-8-25(9-11-26)14-21-24-18(15-31-21)17-5-6-17/h4,7,12-13,15,17H,5-6,8-11,14H2,1-3H3. The number of methoxy groups -OCH3 is 3. The van der Waals surface area contributed by atoms with Gasteiger partial charge < -0.3 is 19.1 Å². The van der Waals surface area contributed by atoms with Gasteiger partial charge in [-0.25, -0.2) is 4.98 Å². The summed E-state index contributed by atoms with van der Waals surface area (Å²) in [5, 5.41) is 3.39. The summed E-state index contributed by atoms with van der Waals surface area (Å²) >= 11 is 1.76. The van der Waals surface area contributed by atoms with Gasteiger partial charge >= 0.3 is 0 Å². The lowest BCUT2D eigenvalue weighted by molar-refractivity contribution is -0.127. The van der Waals surface area contributed by atoms with Gasteiger partial charge in [0.05, 0.1) is 33.6 Å². The summed E-state index contributed by atoms with van der Waals surface area (Å²) in [6.45, 7) is 4.05. The molecule has 2 aliphatic rings. The summed E-state index contributed by atoms with van der Waals surface area (Å²) in [7, 11) is 4.72. The normalized spacial score (nSPS) is 17.2. The number of hydrogen-bond donors (Lipinski definition) is 0. The predicted octanol–water partition coefficient (Wildman–Crippen LogP) is 3.40. The first-order valence-electron chi connectivity index (χ1n) is 10.5. The van der Waals surface area contributed by atoms with Gasteiger partial charge in [-0.15, -0.1) is 11.3 Å². The maximum Gasteiger partial charge on any atom is 0.246 e. The van der Waals surface area contributed by atoms with Crippen LogP contribution >= 0.6 is 11.3 Å². The van der Waals surface area contributed by atoms with Crippen molar-refractivity contribution in [3.63, 3.8) is 0 Å². The van der Waals surface area contributed by atoms with Crippen molar-refractivity contribution in [1.82, 2.24) is 14.8 Å². The summed E-state index contributed by atoms with van der Waals surface area (Å²) in [5.41, 5.74) is 2.09. The minimum absolute atomic E-state index is 0.0127. The molecule has 0 spiro atoms. The highest BCUT2D eigenvalue weighted by molar-refractivity contribution is 7.09.